The van der Waals surface area contributed by atoms with E-state index >= 15 is 0 Å². The number of Topliss-reactive ketones (excluding diaryl/α,β-unsaturated/α-hetero) is 1. The molecule has 0 radical (unpaired) electrons. The maximum absolute atomic E-state index is 12.1. The van der Waals surface area contributed by atoms with Crippen LogP contribution >= 0.6 is 11.8 Å². The van der Waals surface area contributed by atoms with Crippen molar-refractivity contribution in [3.63, 3.8) is 0 Å². The maximum atomic E-state index is 12.1. The van der Waals surface area contributed by atoms with E-state index < -0.39 is 0 Å². The average Bonchev–Trinajstić information content (AvgIpc) is 2.28. The number of hydrogen-bond donors (Lipinski definition) is 0. The highest BCUT2D eigenvalue weighted by molar-refractivity contribution is 7.99. The molecule has 0 aromatic heterocycles. The van der Waals surface area contributed by atoms with Gasteiger partial charge in [0.2, 0.25) is 0 Å². The largest absolute Gasteiger partial charge is 0.496 e. The second-order valence-electron chi connectivity index (χ2n) is 4.14. The van der Waals surface area contributed by atoms with Gasteiger partial charge >= 0.3 is 0 Å². The van der Waals surface area contributed by atoms with E-state index in [4.69, 9.17) is 4.74 Å². The Kier molecular flexibility index (Phi) is 5.56. The molecule has 3 heteroatoms. The van der Waals surface area contributed by atoms with Crippen LogP contribution in [0.3, 0.4) is 0 Å². The van der Waals surface area contributed by atoms with Gasteiger partial charge in [-0.25, -0.2) is 0 Å². The fourth-order valence-corrected chi connectivity index (χ4v) is 2.59. The predicted octanol–water partition coefficient (Wildman–Crippen LogP) is 3.64. The van der Waals surface area contributed by atoms with Crippen molar-refractivity contribution in [2.75, 3.05) is 18.6 Å². The summed E-state index contributed by atoms with van der Waals surface area (Å²) in [6.45, 7) is 6.10. The molecule has 1 aromatic rings. The summed E-state index contributed by atoms with van der Waals surface area (Å²) in [6, 6.07) is 3.95. The first kappa shape index (κ1) is 14.1. The van der Waals surface area contributed by atoms with E-state index in [1.54, 1.807) is 18.9 Å². The lowest BCUT2D eigenvalue weighted by Gasteiger charge is -2.11. The molecule has 1 aromatic carbocycles. The van der Waals surface area contributed by atoms with Gasteiger partial charge in [-0.15, -0.1) is 0 Å². The molecule has 0 amide bonds. The lowest BCUT2D eigenvalue weighted by molar-refractivity contribution is 0.101. The number of carbonyl (C=O) groups is 1. The SMILES string of the molecule is CCCSCC(=O)c1cc(C)cc(C)c1OC. The van der Waals surface area contributed by atoms with Crippen LogP contribution in [0.1, 0.15) is 34.8 Å². The monoisotopic (exact) mass is 252 g/mol. The highest BCUT2D eigenvalue weighted by Gasteiger charge is 2.14. The Morgan fingerprint density at radius 1 is 1.35 bits per heavy atom. The lowest BCUT2D eigenvalue weighted by Crippen LogP contribution is -2.07. The van der Waals surface area contributed by atoms with Crippen LogP contribution in [0.4, 0.5) is 0 Å². The number of benzene rings is 1. The number of thioether (sulfide) groups is 1. The van der Waals surface area contributed by atoms with Crippen molar-refractivity contribution in [2.45, 2.75) is 27.2 Å². The smallest absolute Gasteiger partial charge is 0.176 e. The second-order valence-corrected chi connectivity index (χ2v) is 5.24. The molecular formula is C14H20O2S. The molecule has 0 aliphatic carbocycles. The summed E-state index contributed by atoms with van der Waals surface area (Å²) in [5.41, 5.74) is 2.84. The van der Waals surface area contributed by atoms with Gasteiger partial charge in [-0.05, 0) is 43.2 Å². The van der Waals surface area contributed by atoms with Crippen LogP contribution in [0.15, 0.2) is 12.1 Å². The highest BCUT2D eigenvalue weighted by atomic mass is 32.2. The third-order valence-corrected chi connectivity index (χ3v) is 3.67. The van der Waals surface area contributed by atoms with Crippen molar-refractivity contribution in [1.29, 1.82) is 0 Å². The summed E-state index contributed by atoms with van der Waals surface area (Å²) in [6.07, 6.45) is 1.10. The lowest BCUT2D eigenvalue weighted by atomic mass is 10.0. The third-order valence-electron chi connectivity index (χ3n) is 2.51. The van der Waals surface area contributed by atoms with E-state index in [1.165, 1.54) is 0 Å². The van der Waals surface area contributed by atoms with E-state index in [-0.39, 0.29) is 5.78 Å². The predicted molar refractivity (Wildman–Crippen MR) is 74.4 cm³/mol. The zero-order valence-electron chi connectivity index (χ0n) is 11.0. The first-order chi connectivity index (χ1) is 8.10. The van der Waals surface area contributed by atoms with Gasteiger partial charge in [0.25, 0.3) is 0 Å². The molecule has 0 saturated heterocycles. The summed E-state index contributed by atoms with van der Waals surface area (Å²) in [4.78, 5) is 12.1. The van der Waals surface area contributed by atoms with Crippen LogP contribution in [0.5, 0.6) is 5.75 Å². The number of aryl methyl sites for hydroxylation is 2. The Labute approximate surface area is 108 Å². The molecule has 0 unspecified atom stereocenters. The van der Waals surface area contributed by atoms with Crippen LogP contribution in [0.25, 0.3) is 0 Å². The quantitative estimate of drug-likeness (QED) is 0.571. The summed E-state index contributed by atoms with van der Waals surface area (Å²) >= 11 is 1.68. The van der Waals surface area contributed by atoms with Crippen molar-refractivity contribution < 1.29 is 9.53 Å². The van der Waals surface area contributed by atoms with Gasteiger partial charge in [-0.3, -0.25) is 4.79 Å². The standard InChI is InChI=1S/C14H20O2S/c1-5-6-17-9-13(15)12-8-10(2)7-11(3)14(12)16-4/h7-8H,5-6,9H2,1-4H3. The normalized spacial score (nSPS) is 10.4. The number of carbonyl (C=O) groups excluding carboxylic acids is 1. The van der Waals surface area contributed by atoms with E-state index in [1.807, 2.05) is 26.0 Å². The number of methoxy groups -OCH3 is 1. The average molecular weight is 252 g/mol. The first-order valence-electron chi connectivity index (χ1n) is 5.86. The minimum Gasteiger partial charge on any atom is -0.496 e. The third kappa shape index (κ3) is 3.77. The van der Waals surface area contributed by atoms with E-state index in [0.717, 1.165) is 29.1 Å². The molecule has 2 nitrogen and oxygen atoms in total. The van der Waals surface area contributed by atoms with E-state index in [9.17, 15) is 4.79 Å². The van der Waals surface area contributed by atoms with Crippen LogP contribution < -0.4 is 4.74 Å². The van der Waals surface area contributed by atoms with E-state index in [2.05, 4.69) is 6.92 Å². The number of rotatable bonds is 6. The molecule has 0 heterocycles. The zero-order valence-corrected chi connectivity index (χ0v) is 11.8. The molecule has 0 fully saturated rings. The van der Waals surface area contributed by atoms with Gasteiger partial charge < -0.3 is 4.74 Å². The minimum atomic E-state index is 0.159. The molecule has 0 atom stereocenters. The van der Waals surface area contributed by atoms with Crippen molar-refractivity contribution in [3.8, 4) is 5.75 Å². The van der Waals surface area contributed by atoms with Gasteiger partial charge in [0, 0.05) is 0 Å². The molecule has 0 saturated carbocycles. The maximum Gasteiger partial charge on any atom is 0.176 e. The van der Waals surface area contributed by atoms with Crippen LogP contribution in [-0.4, -0.2) is 24.4 Å². The summed E-state index contributed by atoms with van der Waals surface area (Å²) < 4.78 is 5.33. The molecule has 0 bridgehead atoms. The Morgan fingerprint density at radius 2 is 2.06 bits per heavy atom. The van der Waals surface area contributed by atoms with Crippen LogP contribution in [0.2, 0.25) is 0 Å². The second kappa shape index (κ2) is 6.70. The van der Waals surface area contributed by atoms with Crippen LogP contribution in [0, 0.1) is 13.8 Å². The summed E-state index contributed by atoms with van der Waals surface area (Å²) in [5, 5.41) is 0. The van der Waals surface area contributed by atoms with Crippen LogP contribution in [-0.2, 0) is 0 Å². The molecule has 17 heavy (non-hydrogen) atoms. The minimum absolute atomic E-state index is 0.159. The Hall–Kier alpha value is -0.960. The van der Waals surface area contributed by atoms with Gasteiger partial charge in [-0.1, -0.05) is 13.0 Å². The van der Waals surface area contributed by atoms with E-state index in [0.29, 0.717) is 11.3 Å². The molecule has 0 spiro atoms. The van der Waals surface area contributed by atoms with Gasteiger partial charge in [0.1, 0.15) is 5.75 Å². The van der Waals surface area contributed by atoms with Crippen molar-refractivity contribution in [2.24, 2.45) is 0 Å². The highest BCUT2D eigenvalue weighted by Crippen LogP contribution is 2.26. The molecule has 1 rings (SSSR count). The topological polar surface area (TPSA) is 26.3 Å². The Morgan fingerprint density at radius 3 is 2.65 bits per heavy atom. The number of hydrogen-bond acceptors (Lipinski definition) is 3. The van der Waals surface area contributed by atoms with Gasteiger partial charge in [-0.2, -0.15) is 11.8 Å². The van der Waals surface area contributed by atoms with Gasteiger partial charge in [0.05, 0.1) is 18.4 Å². The number of ketones is 1. The Balaban J connectivity index is 2.91. The molecular weight excluding hydrogens is 232 g/mol. The summed E-state index contributed by atoms with van der Waals surface area (Å²) in [7, 11) is 1.62. The summed E-state index contributed by atoms with van der Waals surface area (Å²) in [5.74, 6) is 2.44. The fourth-order valence-electron chi connectivity index (χ4n) is 1.82. The Bertz CT molecular complexity index is 399. The molecule has 0 aliphatic rings. The molecule has 94 valence electrons. The molecule has 0 N–H and O–H groups in total. The molecule has 0 aliphatic heterocycles. The first-order valence-corrected chi connectivity index (χ1v) is 7.01. The van der Waals surface area contributed by atoms with Gasteiger partial charge in [0.15, 0.2) is 5.78 Å². The fraction of sp³-hybridized carbons (Fsp3) is 0.500. The van der Waals surface area contributed by atoms with Crippen molar-refractivity contribution in [1.82, 2.24) is 0 Å². The van der Waals surface area contributed by atoms with Crippen molar-refractivity contribution >= 4 is 17.5 Å². The zero-order chi connectivity index (χ0) is 12.8. The number of ether oxygens (including phenoxy) is 1. The van der Waals surface area contributed by atoms with Crippen molar-refractivity contribution in [3.05, 3.63) is 28.8 Å².